The highest BCUT2D eigenvalue weighted by Crippen LogP contribution is 2.25. The summed E-state index contributed by atoms with van der Waals surface area (Å²) < 4.78 is 2.26. The lowest BCUT2D eigenvalue weighted by Crippen LogP contribution is -2.45. The van der Waals surface area contributed by atoms with Crippen molar-refractivity contribution in [1.82, 2.24) is 20.1 Å². The molecule has 0 unspecified atom stereocenters. The van der Waals surface area contributed by atoms with Gasteiger partial charge in [-0.1, -0.05) is 12.8 Å². The summed E-state index contributed by atoms with van der Waals surface area (Å²) in [6.07, 6.45) is 6.81. The molecule has 1 fully saturated rings. The molecular formula is C17H26N4O2. The quantitative estimate of drug-likeness (QED) is 0.892. The van der Waals surface area contributed by atoms with E-state index < -0.39 is 0 Å². The molecule has 0 saturated heterocycles. The van der Waals surface area contributed by atoms with Crippen molar-refractivity contribution in [2.24, 2.45) is 0 Å². The summed E-state index contributed by atoms with van der Waals surface area (Å²) in [4.78, 5) is 26.1. The smallest absolute Gasteiger partial charge is 0.321 e. The van der Waals surface area contributed by atoms with Crippen LogP contribution in [0.2, 0.25) is 0 Å². The fraction of sp³-hybridized carbons (Fsp3) is 0.647. The van der Waals surface area contributed by atoms with E-state index in [0.29, 0.717) is 19.0 Å². The predicted molar refractivity (Wildman–Crippen MR) is 88.0 cm³/mol. The van der Waals surface area contributed by atoms with Crippen molar-refractivity contribution in [3.05, 3.63) is 24.0 Å². The normalized spacial score (nSPS) is 21.9. The number of nitrogens with one attached hydrogen (secondary N) is 2. The van der Waals surface area contributed by atoms with Gasteiger partial charge < -0.3 is 9.88 Å². The van der Waals surface area contributed by atoms with E-state index in [9.17, 15) is 9.59 Å². The first-order valence-corrected chi connectivity index (χ1v) is 8.63. The van der Waals surface area contributed by atoms with Gasteiger partial charge in [0.1, 0.15) is 0 Å². The first-order chi connectivity index (χ1) is 11.1. The Morgan fingerprint density at radius 3 is 2.83 bits per heavy atom. The van der Waals surface area contributed by atoms with Crippen molar-refractivity contribution in [3.8, 4) is 0 Å². The average molecular weight is 318 g/mol. The molecule has 1 aliphatic carbocycles. The number of imide groups is 1. The topological polar surface area (TPSA) is 66.4 Å². The Balaban J connectivity index is 1.41. The molecule has 126 valence electrons. The first-order valence-electron chi connectivity index (χ1n) is 8.63. The standard InChI is InChI=1S/C17H26N4O2/c1-13-15-7-4-9-21(15)12-11-20(13)10-8-16(22)19-17(23)18-14-5-2-3-6-14/h4,7,9,13-14H,2-3,5-6,8,10-12H2,1H3,(H2,18,19,22,23)/t13-/m0/s1. The van der Waals surface area contributed by atoms with Crippen LogP contribution in [0.3, 0.4) is 0 Å². The molecule has 0 bridgehead atoms. The molecule has 1 atom stereocenters. The van der Waals surface area contributed by atoms with Gasteiger partial charge in [0.15, 0.2) is 0 Å². The Bertz CT molecular complexity index is 563. The van der Waals surface area contributed by atoms with Crippen LogP contribution in [-0.2, 0) is 11.3 Å². The third-order valence-corrected chi connectivity index (χ3v) is 5.04. The number of carbonyl (C=O) groups excluding carboxylic acids is 2. The summed E-state index contributed by atoms with van der Waals surface area (Å²) in [7, 11) is 0. The second kappa shape index (κ2) is 7.17. The van der Waals surface area contributed by atoms with Gasteiger partial charge in [0.05, 0.1) is 0 Å². The van der Waals surface area contributed by atoms with Gasteiger partial charge in [-0.05, 0) is 31.9 Å². The highest BCUT2D eigenvalue weighted by atomic mass is 16.2. The summed E-state index contributed by atoms with van der Waals surface area (Å²) in [6.45, 7) is 4.73. The Labute approximate surface area is 137 Å². The van der Waals surface area contributed by atoms with Gasteiger partial charge in [0, 0.05) is 50.0 Å². The molecule has 1 aromatic heterocycles. The number of amides is 3. The Morgan fingerprint density at radius 1 is 1.26 bits per heavy atom. The van der Waals surface area contributed by atoms with Crippen molar-refractivity contribution < 1.29 is 9.59 Å². The van der Waals surface area contributed by atoms with Crippen LogP contribution in [0, 0.1) is 0 Å². The maximum absolute atomic E-state index is 12.0. The number of aromatic nitrogens is 1. The zero-order valence-electron chi connectivity index (χ0n) is 13.8. The third kappa shape index (κ3) is 3.93. The molecule has 6 nitrogen and oxygen atoms in total. The van der Waals surface area contributed by atoms with Crippen molar-refractivity contribution >= 4 is 11.9 Å². The highest BCUT2D eigenvalue weighted by molar-refractivity contribution is 5.94. The van der Waals surface area contributed by atoms with E-state index in [1.165, 1.54) is 5.69 Å². The van der Waals surface area contributed by atoms with Gasteiger partial charge >= 0.3 is 6.03 Å². The molecule has 3 rings (SSSR count). The molecular weight excluding hydrogens is 292 g/mol. The van der Waals surface area contributed by atoms with Gasteiger partial charge in [-0.15, -0.1) is 0 Å². The number of urea groups is 1. The largest absolute Gasteiger partial charge is 0.349 e. The number of rotatable bonds is 4. The number of carbonyl (C=O) groups is 2. The molecule has 1 aliphatic heterocycles. The third-order valence-electron chi connectivity index (χ3n) is 5.04. The van der Waals surface area contributed by atoms with Crippen LogP contribution >= 0.6 is 0 Å². The van der Waals surface area contributed by atoms with E-state index in [2.05, 4.69) is 45.4 Å². The number of nitrogens with zero attached hydrogens (tertiary/aromatic N) is 2. The maximum Gasteiger partial charge on any atom is 0.321 e. The second-order valence-corrected chi connectivity index (χ2v) is 6.59. The average Bonchev–Trinajstić information content (AvgIpc) is 3.17. The van der Waals surface area contributed by atoms with E-state index in [0.717, 1.165) is 38.8 Å². The number of hydrogen-bond acceptors (Lipinski definition) is 3. The summed E-state index contributed by atoms with van der Waals surface area (Å²) in [5.41, 5.74) is 1.29. The Morgan fingerprint density at radius 2 is 2.04 bits per heavy atom. The van der Waals surface area contributed by atoms with Crippen LogP contribution in [0.25, 0.3) is 0 Å². The van der Waals surface area contributed by atoms with Crippen LogP contribution in [-0.4, -0.2) is 40.5 Å². The molecule has 2 heterocycles. The van der Waals surface area contributed by atoms with Crippen LogP contribution in [0.5, 0.6) is 0 Å². The molecule has 6 heteroatoms. The van der Waals surface area contributed by atoms with E-state index >= 15 is 0 Å². The Hall–Kier alpha value is -1.82. The first kappa shape index (κ1) is 16.1. The number of fused-ring (bicyclic) bond motifs is 1. The van der Waals surface area contributed by atoms with Crippen LogP contribution < -0.4 is 10.6 Å². The lowest BCUT2D eigenvalue weighted by Gasteiger charge is -2.34. The van der Waals surface area contributed by atoms with Gasteiger partial charge in [0.2, 0.25) is 5.91 Å². The summed E-state index contributed by atoms with van der Waals surface area (Å²) in [6, 6.07) is 4.39. The minimum Gasteiger partial charge on any atom is -0.349 e. The molecule has 0 spiro atoms. The van der Waals surface area contributed by atoms with Crippen molar-refractivity contribution in [2.45, 2.75) is 57.7 Å². The van der Waals surface area contributed by atoms with Crippen LogP contribution in [0.15, 0.2) is 18.3 Å². The molecule has 1 aromatic rings. The predicted octanol–water partition coefficient (Wildman–Crippen LogP) is 2.02. The second-order valence-electron chi connectivity index (χ2n) is 6.59. The monoisotopic (exact) mass is 318 g/mol. The fourth-order valence-electron chi connectivity index (χ4n) is 3.66. The lowest BCUT2D eigenvalue weighted by atomic mass is 10.1. The zero-order valence-corrected chi connectivity index (χ0v) is 13.8. The summed E-state index contributed by atoms with van der Waals surface area (Å²) in [5.74, 6) is -0.200. The molecule has 0 aromatic carbocycles. The molecule has 0 radical (unpaired) electrons. The lowest BCUT2D eigenvalue weighted by molar-refractivity contribution is -0.120. The van der Waals surface area contributed by atoms with E-state index in [-0.39, 0.29) is 18.0 Å². The fourth-order valence-corrected chi connectivity index (χ4v) is 3.66. The van der Waals surface area contributed by atoms with Crippen molar-refractivity contribution in [2.75, 3.05) is 13.1 Å². The highest BCUT2D eigenvalue weighted by Gasteiger charge is 2.24. The molecule has 2 N–H and O–H groups in total. The minimum absolute atomic E-state index is 0.200. The zero-order chi connectivity index (χ0) is 16.2. The molecule has 1 saturated carbocycles. The van der Waals surface area contributed by atoms with Crippen molar-refractivity contribution in [1.29, 1.82) is 0 Å². The number of hydrogen-bond donors (Lipinski definition) is 2. The van der Waals surface area contributed by atoms with Gasteiger partial charge in [-0.25, -0.2) is 4.79 Å². The van der Waals surface area contributed by atoms with E-state index in [1.807, 2.05) is 0 Å². The summed E-state index contributed by atoms with van der Waals surface area (Å²) >= 11 is 0. The molecule has 23 heavy (non-hydrogen) atoms. The summed E-state index contributed by atoms with van der Waals surface area (Å²) in [5, 5.41) is 5.33. The van der Waals surface area contributed by atoms with Crippen LogP contribution in [0.1, 0.15) is 50.8 Å². The SMILES string of the molecule is C[C@H]1c2cccn2CCN1CCC(=O)NC(=O)NC1CCCC1. The molecule has 3 amide bonds. The van der Waals surface area contributed by atoms with E-state index in [4.69, 9.17) is 0 Å². The minimum atomic E-state index is -0.345. The van der Waals surface area contributed by atoms with Gasteiger partial charge in [-0.3, -0.25) is 15.0 Å². The van der Waals surface area contributed by atoms with E-state index in [1.54, 1.807) is 0 Å². The van der Waals surface area contributed by atoms with Gasteiger partial charge in [0.25, 0.3) is 0 Å². The molecule has 2 aliphatic rings. The van der Waals surface area contributed by atoms with Crippen LogP contribution in [0.4, 0.5) is 4.79 Å². The van der Waals surface area contributed by atoms with Crippen molar-refractivity contribution in [3.63, 3.8) is 0 Å². The maximum atomic E-state index is 12.0. The Kier molecular flexibility index (Phi) is 5.00. The van der Waals surface area contributed by atoms with Gasteiger partial charge in [-0.2, -0.15) is 0 Å².